The Morgan fingerprint density at radius 3 is 2.38 bits per heavy atom. The molecule has 140 valence electrons. The Morgan fingerprint density at radius 2 is 1.88 bits per heavy atom. The van der Waals surface area contributed by atoms with E-state index >= 15 is 0 Å². The van der Waals surface area contributed by atoms with Crippen molar-refractivity contribution < 1.29 is 32.0 Å². The number of hydrogen-bond acceptors (Lipinski definition) is 6. The molecule has 1 heterocycles. The predicted octanol–water partition coefficient (Wildman–Crippen LogP) is 1.58. The molecule has 0 aromatic carbocycles. The third kappa shape index (κ3) is 13.6. The zero-order valence-corrected chi connectivity index (χ0v) is 14.7. The fourth-order valence-corrected chi connectivity index (χ4v) is 2.94. The van der Waals surface area contributed by atoms with Gasteiger partial charge in [-0.3, -0.25) is 9.11 Å². The Labute approximate surface area is 146 Å². The standard InChI is InChI=1S/C11H20N2O2S2.C2HF3O2/c14-17(9-2-1-3-12-11-16)10-6-13-4-7-15-8-5-13;3-2(4,5)1(6)7/h1-10H2;(H,6,7). The molecule has 0 radical (unpaired) electrons. The lowest BCUT2D eigenvalue weighted by atomic mass is 10.3. The second-order valence-corrected chi connectivity index (χ2v) is 6.66. The van der Waals surface area contributed by atoms with Gasteiger partial charge in [0.2, 0.25) is 0 Å². The molecule has 1 N–H and O–H groups in total. The van der Waals surface area contributed by atoms with E-state index in [0.717, 1.165) is 57.2 Å². The number of isothiocyanates is 1. The molecule has 0 saturated carbocycles. The molecular formula is C13H21F3N2O4S2. The summed E-state index contributed by atoms with van der Waals surface area (Å²) in [6, 6.07) is 0. The fourth-order valence-electron chi connectivity index (χ4n) is 1.66. The van der Waals surface area contributed by atoms with Crippen LogP contribution in [0.15, 0.2) is 4.99 Å². The van der Waals surface area contributed by atoms with E-state index in [1.54, 1.807) is 0 Å². The molecule has 0 amide bonds. The molecule has 1 atom stereocenters. The van der Waals surface area contributed by atoms with Gasteiger partial charge in [0.05, 0.1) is 18.4 Å². The monoisotopic (exact) mass is 390 g/mol. The lowest BCUT2D eigenvalue weighted by Crippen LogP contribution is -2.38. The van der Waals surface area contributed by atoms with E-state index in [0.29, 0.717) is 6.54 Å². The molecule has 11 heteroatoms. The minimum absolute atomic E-state index is 0.698. The fraction of sp³-hybridized carbons (Fsp3) is 0.846. The number of nitrogens with zero attached hydrogens (tertiary/aromatic N) is 2. The zero-order chi connectivity index (χ0) is 18.4. The highest BCUT2D eigenvalue weighted by Crippen LogP contribution is 2.13. The van der Waals surface area contributed by atoms with E-state index in [-0.39, 0.29) is 0 Å². The number of rotatable bonds is 8. The maximum absolute atomic E-state index is 11.7. The Bertz CT molecular complexity index is 437. The summed E-state index contributed by atoms with van der Waals surface area (Å²) in [7, 11) is -0.698. The molecule has 1 aliphatic heterocycles. The first kappa shape index (κ1) is 23.1. The number of carbonyl (C=O) groups is 1. The minimum atomic E-state index is -5.08. The summed E-state index contributed by atoms with van der Waals surface area (Å²) >= 11 is 4.47. The van der Waals surface area contributed by atoms with Gasteiger partial charge in [0, 0.05) is 48.5 Å². The van der Waals surface area contributed by atoms with Crippen LogP contribution in [0, 0.1) is 0 Å². The normalized spacial score (nSPS) is 16.5. The highest BCUT2D eigenvalue weighted by atomic mass is 32.2. The molecule has 6 nitrogen and oxygen atoms in total. The van der Waals surface area contributed by atoms with Crippen LogP contribution in [-0.4, -0.2) is 82.4 Å². The van der Waals surface area contributed by atoms with Gasteiger partial charge in [-0.2, -0.15) is 13.2 Å². The third-order valence-electron chi connectivity index (χ3n) is 2.94. The lowest BCUT2D eigenvalue weighted by molar-refractivity contribution is -0.192. The quantitative estimate of drug-likeness (QED) is 0.385. The van der Waals surface area contributed by atoms with Crippen molar-refractivity contribution in [1.29, 1.82) is 0 Å². The lowest BCUT2D eigenvalue weighted by Gasteiger charge is -2.26. The number of unbranched alkanes of at least 4 members (excludes halogenated alkanes) is 1. The molecule has 0 bridgehead atoms. The smallest absolute Gasteiger partial charge is 0.475 e. The van der Waals surface area contributed by atoms with Gasteiger partial charge >= 0.3 is 12.1 Å². The molecule has 0 aliphatic carbocycles. The molecule has 1 unspecified atom stereocenters. The van der Waals surface area contributed by atoms with Crippen molar-refractivity contribution in [2.75, 3.05) is 50.9 Å². The van der Waals surface area contributed by atoms with Crippen molar-refractivity contribution in [3.05, 3.63) is 0 Å². The number of thiocarbonyl (C=S) groups is 1. The summed E-state index contributed by atoms with van der Waals surface area (Å²) in [5.41, 5.74) is 0. The largest absolute Gasteiger partial charge is 0.490 e. The summed E-state index contributed by atoms with van der Waals surface area (Å²) < 4.78 is 48.7. The van der Waals surface area contributed by atoms with Gasteiger partial charge in [0.1, 0.15) is 0 Å². The number of aliphatic carboxylic acids is 1. The summed E-state index contributed by atoms with van der Waals surface area (Å²) in [6.07, 6.45) is -3.18. The second-order valence-electron chi connectivity index (χ2n) is 4.79. The van der Waals surface area contributed by atoms with Crippen LogP contribution >= 0.6 is 12.2 Å². The number of alkyl halides is 3. The minimum Gasteiger partial charge on any atom is -0.475 e. The summed E-state index contributed by atoms with van der Waals surface area (Å²) in [5.74, 6) is -1.21. The summed E-state index contributed by atoms with van der Waals surface area (Å²) in [4.78, 5) is 15.0. The number of morpholine rings is 1. The van der Waals surface area contributed by atoms with Crippen LogP contribution in [0.25, 0.3) is 0 Å². The van der Waals surface area contributed by atoms with Crippen molar-refractivity contribution >= 4 is 34.1 Å². The number of carboxylic acids is 1. The van der Waals surface area contributed by atoms with Crippen molar-refractivity contribution in [2.45, 2.75) is 19.0 Å². The molecule has 0 aromatic rings. The zero-order valence-electron chi connectivity index (χ0n) is 13.1. The number of halogens is 3. The first-order valence-electron chi connectivity index (χ1n) is 7.26. The topological polar surface area (TPSA) is 79.2 Å². The molecule has 1 rings (SSSR count). The number of aliphatic imine (C=N–C) groups is 1. The first-order valence-corrected chi connectivity index (χ1v) is 9.15. The van der Waals surface area contributed by atoms with Gasteiger partial charge in [-0.1, -0.05) is 0 Å². The van der Waals surface area contributed by atoms with E-state index in [9.17, 15) is 17.4 Å². The molecule has 1 fully saturated rings. The van der Waals surface area contributed by atoms with Crippen molar-refractivity contribution in [1.82, 2.24) is 4.90 Å². The highest BCUT2D eigenvalue weighted by molar-refractivity contribution is 7.85. The average Bonchev–Trinajstić information content (AvgIpc) is 2.53. The molecule has 24 heavy (non-hydrogen) atoms. The van der Waals surface area contributed by atoms with E-state index in [2.05, 4.69) is 27.3 Å². The van der Waals surface area contributed by atoms with Crippen LogP contribution in [-0.2, 0) is 20.3 Å². The predicted molar refractivity (Wildman–Crippen MR) is 88.0 cm³/mol. The number of hydrogen-bond donors (Lipinski definition) is 1. The maximum atomic E-state index is 11.7. The second kappa shape index (κ2) is 13.4. The Balaban J connectivity index is 0.000000640. The van der Waals surface area contributed by atoms with Crippen LogP contribution in [0.3, 0.4) is 0 Å². The molecule has 1 aliphatic rings. The van der Waals surface area contributed by atoms with Crippen molar-refractivity contribution in [3.8, 4) is 0 Å². The van der Waals surface area contributed by atoms with Crippen molar-refractivity contribution in [3.63, 3.8) is 0 Å². The van der Waals surface area contributed by atoms with Gasteiger partial charge in [0.25, 0.3) is 0 Å². The number of ether oxygens (including phenoxy) is 1. The van der Waals surface area contributed by atoms with E-state index in [1.807, 2.05) is 0 Å². The SMILES string of the molecule is O=C(O)C(F)(F)F.O=S(CCCCN=C=S)CCN1CCOCC1. The number of carboxylic acid groups (broad SMARTS) is 1. The first-order chi connectivity index (χ1) is 11.3. The third-order valence-corrected chi connectivity index (χ3v) is 4.45. The maximum Gasteiger partial charge on any atom is 0.490 e. The van der Waals surface area contributed by atoms with Crippen LogP contribution in [0.1, 0.15) is 12.8 Å². The van der Waals surface area contributed by atoms with Crippen molar-refractivity contribution in [2.24, 2.45) is 4.99 Å². The van der Waals surface area contributed by atoms with Gasteiger partial charge in [-0.05, 0) is 25.1 Å². The van der Waals surface area contributed by atoms with Gasteiger partial charge in [0.15, 0.2) is 0 Å². The van der Waals surface area contributed by atoms with E-state index in [1.165, 1.54) is 0 Å². The van der Waals surface area contributed by atoms with Crippen LogP contribution < -0.4 is 0 Å². The summed E-state index contributed by atoms with van der Waals surface area (Å²) in [5, 5.41) is 9.46. The van der Waals surface area contributed by atoms with Crippen LogP contribution in [0.5, 0.6) is 0 Å². The van der Waals surface area contributed by atoms with E-state index in [4.69, 9.17) is 14.6 Å². The van der Waals surface area contributed by atoms with E-state index < -0.39 is 22.9 Å². The molecule has 1 saturated heterocycles. The Kier molecular flexibility index (Phi) is 12.9. The van der Waals surface area contributed by atoms with Gasteiger partial charge in [-0.15, -0.1) is 0 Å². The van der Waals surface area contributed by atoms with Crippen LogP contribution in [0.2, 0.25) is 0 Å². The highest BCUT2D eigenvalue weighted by Gasteiger charge is 2.38. The van der Waals surface area contributed by atoms with Gasteiger partial charge < -0.3 is 9.84 Å². The Morgan fingerprint density at radius 1 is 1.29 bits per heavy atom. The Hall–Kier alpha value is -0.870. The summed E-state index contributed by atoms with van der Waals surface area (Å²) in [6.45, 7) is 5.20. The molecule has 0 aromatic heterocycles. The molecular weight excluding hydrogens is 369 g/mol. The average molecular weight is 390 g/mol. The molecule has 0 spiro atoms. The van der Waals surface area contributed by atoms with Crippen LogP contribution in [0.4, 0.5) is 13.2 Å². The van der Waals surface area contributed by atoms with Gasteiger partial charge in [-0.25, -0.2) is 9.79 Å².